The van der Waals surface area contributed by atoms with Crippen molar-refractivity contribution >= 4 is 5.91 Å². The molecule has 1 aromatic carbocycles. The molecule has 0 aromatic heterocycles. The fourth-order valence-corrected chi connectivity index (χ4v) is 2.37. The van der Waals surface area contributed by atoms with Crippen molar-refractivity contribution in [1.29, 1.82) is 0 Å². The van der Waals surface area contributed by atoms with Crippen molar-refractivity contribution in [3.8, 4) is 0 Å². The lowest BCUT2D eigenvalue weighted by Gasteiger charge is -2.23. The smallest absolute Gasteiger partial charge is 0.224 e. The summed E-state index contributed by atoms with van der Waals surface area (Å²) in [5, 5.41) is 3.13. The highest BCUT2D eigenvalue weighted by Gasteiger charge is 2.23. The molecular weight excluding hydrogens is 246 g/mol. The topological polar surface area (TPSA) is 29.1 Å². The molecule has 2 heteroatoms. The fraction of sp³-hybridized carbons (Fsp3) is 0.500. The van der Waals surface area contributed by atoms with E-state index in [1.807, 2.05) is 43.3 Å². The molecule has 0 saturated carbocycles. The van der Waals surface area contributed by atoms with Crippen LogP contribution in [-0.2, 0) is 4.79 Å². The van der Waals surface area contributed by atoms with Crippen LogP contribution in [0.15, 0.2) is 43.0 Å². The first-order valence-electron chi connectivity index (χ1n) is 7.58. The predicted molar refractivity (Wildman–Crippen MR) is 85.4 cm³/mol. The number of hydrogen-bond donors (Lipinski definition) is 1. The van der Waals surface area contributed by atoms with Crippen molar-refractivity contribution in [2.45, 2.75) is 46.1 Å². The maximum absolute atomic E-state index is 12.5. The minimum absolute atomic E-state index is 0.0265. The van der Waals surface area contributed by atoms with E-state index in [-0.39, 0.29) is 23.8 Å². The summed E-state index contributed by atoms with van der Waals surface area (Å²) in [5.74, 6) is 0.380. The number of carbonyl (C=O) groups excluding carboxylic acids is 1. The van der Waals surface area contributed by atoms with Gasteiger partial charge in [0.2, 0.25) is 5.91 Å². The van der Waals surface area contributed by atoms with Gasteiger partial charge in [0, 0.05) is 5.92 Å². The van der Waals surface area contributed by atoms with E-state index in [0.29, 0.717) is 0 Å². The second kappa shape index (κ2) is 8.57. The van der Waals surface area contributed by atoms with Crippen LogP contribution >= 0.6 is 0 Å². The monoisotopic (exact) mass is 273 g/mol. The highest BCUT2D eigenvalue weighted by Crippen LogP contribution is 2.21. The van der Waals surface area contributed by atoms with E-state index in [1.165, 1.54) is 0 Å². The maximum Gasteiger partial charge on any atom is 0.224 e. The molecule has 0 saturated heterocycles. The van der Waals surface area contributed by atoms with E-state index in [1.54, 1.807) is 0 Å². The maximum atomic E-state index is 12.5. The number of nitrogens with one attached hydrogen (secondary N) is 1. The van der Waals surface area contributed by atoms with Gasteiger partial charge in [0.25, 0.3) is 0 Å². The van der Waals surface area contributed by atoms with Crippen molar-refractivity contribution < 1.29 is 4.79 Å². The Balaban J connectivity index is 2.67. The van der Waals surface area contributed by atoms with Gasteiger partial charge in [-0.15, -0.1) is 6.58 Å². The summed E-state index contributed by atoms with van der Waals surface area (Å²) in [6, 6.07) is 10.1. The quantitative estimate of drug-likeness (QED) is 0.695. The fourth-order valence-electron chi connectivity index (χ4n) is 2.37. The normalized spacial score (nSPS) is 15.2. The van der Waals surface area contributed by atoms with E-state index in [4.69, 9.17) is 0 Å². The van der Waals surface area contributed by atoms with E-state index in [2.05, 4.69) is 25.7 Å². The van der Waals surface area contributed by atoms with Crippen molar-refractivity contribution in [3.63, 3.8) is 0 Å². The second-order valence-electron chi connectivity index (χ2n) is 5.48. The average Bonchev–Trinajstić information content (AvgIpc) is 2.48. The number of amides is 1. The summed E-state index contributed by atoms with van der Waals surface area (Å²) in [6.07, 6.45) is 5.00. The molecule has 110 valence electrons. The van der Waals surface area contributed by atoms with Gasteiger partial charge in [0.1, 0.15) is 0 Å². The SMILES string of the molecule is C=C[C@@H](C)[C@H](CCCC)C(=O)N[C@H](C)c1ccccc1. The number of hydrogen-bond acceptors (Lipinski definition) is 1. The van der Waals surface area contributed by atoms with E-state index in [0.717, 1.165) is 24.8 Å². The molecule has 1 N–H and O–H groups in total. The molecule has 0 aliphatic rings. The van der Waals surface area contributed by atoms with Gasteiger partial charge in [-0.2, -0.15) is 0 Å². The summed E-state index contributed by atoms with van der Waals surface area (Å²) >= 11 is 0. The van der Waals surface area contributed by atoms with Crippen molar-refractivity contribution in [1.82, 2.24) is 5.32 Å². The van der Waals surface area contributed by atoms with Crippen molar-refractivity contribution in [3.05, 3.63) is 48.6 Å². The number of allylic oxidation sites excluding steroid dienone is 1. The summed E-state index contributed by atoms with van der Waals surface area (Å²) in [4.78, 5) is 12.5. The first kappa shape index (κ1) is 16.5. The zero-order valence-electron chi connectivity index (χ0n) is 12.9. The van der Waals surface area contributed by atoms with Crippen molar-refractivity contribution in [2.75, 3.05) is 0 Å². The Morgan fingerprint density at radius 3 is 2.50 bits per heavy atom. The van der Waals surface area contributed by atoms with Crippen LogP contribution in [0.25, 0.3) is 0 Å². The molecule has 0 spiro atoms. The summed E-state index contributed by atoms with van der Waals surface area (Å²) in [7, 11) is 0. The van der Waals surface area contributed by atoms with E-state index in [9.17, 15) is 4.79 Å². The molecule has 1 aromatic rings. The zero-order valence-corrected chi connectivity index (χ0v) is 12.9. The summed E-state index contributed by atoms with van der Waals surface area (Å²) < 4.78 is 0. The lowest BCUT2D eigenvalue weighted by Crippen LogP contribution is -2.35. The third-order valence-corrected chi connectivity index (χ3v) is 3.87. The molecule has 1 rings (SSSR count). The van der Waals surface area contributed by atoms with Gasteiger partial charge in [0.15, 0.2) is 0 Å². The number of carbonyl (C=O) groups is 1. The van der Waals surface area contributed by atoms with Crippen LogP contribution in [0.2, 0.25) is 0 Å². The van der Waals surface area contributed by atoms with Gasteiger partial charge >= 0.3 is 0 Å². The van der Waals surface area contributed by atoms with Gasteiger partial charge < -0.3 is 5.32 Å². The molecule has 3 atom stereocenters. The van der Waals surface area contributed by atoms with Crippen molar-refractivity contribution in [2.24, 2.45) is 11.8 Å². The van der Waals surface area contributed by atoms with Crippen LogP contribution in [-0.4, -0.2) is 5.91 Å². The molecule has 0 bridgehead atoms. The Morgan fingerprint density at radius 2 is 1.95 bits per heavy atom. The predicted octanol–water partition coefficient (Wildman–Crippen LogP) is 4.49. The molecule has 0 aliphatic carbocycles. The first-order valence-corrected chi connectivity index (χ1v) is 7.58. The molecule has 2 nitrogen and oxygen atoms in total. The number of benzene rings is 1. The van der Waals surface area contributed by atoms with Gasteiger partial charge in [-0.05, 0) is 24.8 Å². The lowest BCUT2D eigenvalue weighted by molar-refractivity contribution is -0.126. The van der Waals surface area contributed by atoms with Crippen LogP contribution < -0.4 is 5.32 Å². The summed E-state index contributed by atoms with van der Waals surface area (Å²) in [5.41, 5.74) is 1.14. The third-order valence-electron chi connectivity index (χ3n) is 3.87. The number of unbranched alkanes of at least 4 members (excludes halogenated alkanes) is 1. The van der Waals surface area contributed by atoms with Gasteiger partial charge in [-0.25, -0.2) is 0 Å². The largest absolute Gasteiger partial charge is 0.349 e. The number of rotatable bonds is 8. The highest BCUT2D eigenvalue weighted by molar-refractivity contribution is 5.79. The van der Waals surface area contributed by atoms with Crippen LogP contribution in [0.3, 0.4) is 0 Å². The lowest BCUT2D eigenvalue weighted by atomic mass is 9.88. The molecule has 0 unspecified atom stereocenters. The van der Waals surface area contributed by atoms with E-state index >= 15 is 0 Å². The molecule has 1 amide bonds. The molecular formula is C18H27NO. The Bertz CT molecular complexity index is 413. The van der Waals surface area contributed by atoms with Gasteiger partial charge in [-0.1, -0.05) is 63.1 Å². The van der Waals surface area contributed by atoms with Crippen LogP contribution in [0.1, 0.15) is 51.6 Å². The Kier molecular flexibility index (Phi) is 7.06. The molecule has 0 aliphatic heterocycles. The standard InChI is InChI=1S/C18H27NO/c1-5-7-13-17(14(3)6-2)18(20)19-15(4)16-11-9-8-10-12-16/h6,8-12,14-15,17H,2,5,7,13H2,1,3-4H3,(H,19,20)/t14-,15-,17+/m1/s1. The molecule has 0 fully saturated rings. The first-order chi connectivity index (χ1) is 9.60. The Labute approximate surface area is 123 Å². The highest BCUT2D eigenvalue weighted by atomic mass is 16.1. The Hall–Kier alpha value is -1.57. The van der Waals surface area contributed by atoms with Crippen LogP contribution in [0, 0.1) is 11.8 Å². The zero-order chi connectivity index (χ0) is 15.0. The van der Waals surface area contributed by atoms with Gasteiger partial charge in [0.05, 0.1) is 6.04 Å². The second-order valence-corrected chi connectivity index (χ2v) is 5.48. The average molecular weight is 273 g/mol. The van der Waals surface area contributed by atoms with Crippen LogP contribution in [0.4, 0.5) is 0 Å². The molecule has 0 radical (unpaired) electrons. The minimum Gasteiger partial charge on any atom is -0.349 e. The molecule has 20 heavy (non-hydrogen) atoms. The summed E-state index contributed by atoms with van der Waals surface area (Å²) in [6.45, 7) is 10.1. The minimum atomic E-state index is 0.0265. The Morgan fingerprint density at radius 1 is 1.30 bits per heavy atom. The third kappa shape index (κ3) is 4.84. The molecule has 0 heterocycles. The van der Waals surface area contributed by atoms with Gasteiger partial charge in [-0.3, -0.25) is 4.79 Å². The van der Waals surface area contributed by atoms with E-state index < -0.39 is 0 Å². The van der Waals surface area contributed by atoms with Crippen LogP contribution in [0.5, 0.6) is 0 Å².